The fraction of sp³-hybridized carbons (Fsp3) is 0.560. The molecule has 0 bridgehead atoms. The molecular weight excluding hydrogens is 390 g/mol. The maximum atomic E-state index is 12.9. The normalized spacial score (nSPS) is 20.9. The monoisotopic (exact) mass is 423 g/mol. The molecule has 0 radical (unpaired) electrons. The maximum Gasteiger partial charge on any atom is 0.342 e. The van der Waals surface area contributed by atoms with Crippen LogP contribution in [0.15, 0.2) is 24.3 Å². The van der Waals surface area contributed by atoms with Crippen molar-refractivity contribution < 1.29 is 14.3 Å². The van der Waals surface area contributed by atoms with Gasteiger partial charge in [0.15, 0.2) is 6.61 Å². The number of esters is 1. The molecule has 1 amide bonds. The highest BCUT2D eigenvalue weighted by Crippen LogP contribution is 2.35. The molecular formula is C25H33N3O3. The molecule has 1 aliphatic carbocycles. The van der Waals surface area contributed by atoms with E-state index in [-0.39, 0.29) is 12.5 Å². The molecule has 6 heteroatoms. The SMILES string of the molecule is Cc1ccc(Cn2nc(C)c(C(=O)OCC(=O)N3CCC[C@@H]4CCCC[C@@H]43)c2C)cc1. The standard InChI is InChI=1S/C25H33N3O3/c1-17-10-12-20(13-11-17)15-28-19(3)24(18(2)26-28)25(30)31-16-23(29)27-14-6-8-21-7-4-5-9-22(21)27/h10-13,21-22H,4-9,14-16H2,1-3H3/t21-,22-/m0/s1. The van der Waals surface area contributed by atoms with Crippen LogP contribution in [0.4, 0.5) is 0 Å². The number of benzene rings is 1. The van der Waals surface area contributed by atoms with Gasteiger partial charge in [-0.1, -0.05) is 42.7 Å². The molecule has 4 rings (SSSR count). The summed E-state index contributed by atoms with van der Waals surface area (Å²) in [6, 6.07) is 8.60. The fourth-order valence-corrected chi connectivity index (χ4v) is 5.23. The highest BCUT2D eigenvalue weighted by Gasteiger charge is 2.36. The molecule has 1 aromatic carbocycles. The zero-order valence-corrected chi connectivity index (χ0v) is 18.9. The second kappa shape index (κ2) is 9.25. The lowest BCUT2D eigenvalue weighted by Gasteiger charge is -2.44. The van der Waals surface area contributed by atoms with Crippen LogP contribution in [0.2, 0.25) is 0 Å². The van der Waals surface area contributed by atoms with Gasteiger partial charge in [-0.3, -0.25) is 9.48 Å². The predicted molar refractivity (Wildman–Crippen MR) is 119 cm³/mol. The summed E-state index contributed by atoms with van der Waals surface area (Å²) in [7, 11) is 0. The molecule has 1 saturated heterocycles. The van der Waals surface area contributed by atoms with Gasteiger partial charge in [-0.25, -0.2) is 4.79 Å². The number of fused-ring (bicyclic) bond motifs is 1. The van der Waals surface area contributed by atoms with Crippen LogP contribution in [0.5, 0.6) is 0 Å². The number of hydrogen-bond donors (Lipinski definition) is 0. The Balaban J connectivity index is 1.40. The van der Waals surface area contributed by atoms with Crippen molar-refractivity contribution >= 4 is 11.9 Å². The van der Waals surface area contributed by atoms with Gasteiger partial charge < -0.3 is 9.64 Å². The van der Waals surface area contributed by atoms with Crippen molar-refractivity contribution in [3.8, 4) is 0 Å². The van der Waals surface area contributed by atoms with Gasteiger partial charge in [0.1, 0.15) is 5.56 Å². The van der Waals surface area contributed by atoms with E-state index >= 15 is 0 Å². The van der Waals surface area contributed by atoms with Crippen molar-refractivity contribution in [3.05, 3.63) is 52.3 Å². The molecule has 2 fully saturated rings. The maximum absolute atomic E-state index is 12.9. The minimum absolute atomic E-state index is 0.0627. The number of aromatic nitrogens is 2. The van der Waals surface area contributed by atoms with Crippen molar-refractivity contribution in [2.75, 3.05) is 13.2 Å². The van der Waals surface area contributed by atoms with Crippen molar-refractivity contribution in [2.45, 2.75) is 71.9 Å². The average Bonchev–Trinajstić information content (AvgIpc) is 3.05. The van der Waals surface area contributed by atoms with E-state index in [2.05, 4.69) is 36.3 Å². The summed E-state index contributed by atoms with van der Waals surface area (Å²) in [6.45, 7) is 6.93. The first kappa shape index (κ1) is 21.6. The lowest BCUT2D eigenvalue weighted by molar-refractivity contribution is -0.140. The third-order valence-electron chi connectivity index (χ3n) is 6.93. The van der Waals surface area contributed by atoms with E-state index in [1.54, 1.807) is 0 Å². The first-order chi connectivity index (χ1) is 14.9. The number of piperidine rings is 1. The fourth-order valence-electron chi connectivity index (χ4n) is 5.23. The highest BCUT2D eigenvalue weighted by atomic mass is 16.5. The summed E-state index contributed by atoms with van der Waals surface area (Å²) in [4.78, 5) is 27.7. The van der Waals surface area contributed by atoms with Crippen molar-refractivity contribution in [1.82, 2.24) is 14.7 Å². The molecule has 2 heterocycles. The number of rotatable bonds is 5. The lowest BCUT2D eigenvalue weighted by Crippen LogP contribution is -2.50. The molecule has 166 valence electrons. The van der Waals surface area contributed by atoms with E-state index < -0.39 is 5.97 Å². The van der Waals surface area contributed by atoms with Crippen LogP contribution in [0, 0.1) is 26.7 Å². The Morgan fingerprint density at radius 2 is 1.74 bits per heavy atom. The summed E-state index contributed by atoms with van der Waals surface area (Å²) < 4.78 is 7.31. The highest BCUT2D eigenvalue weighted by molar-refractivity contribution is 5.93. The second-order valence-electron chi connectivity index (χ2n) is 9.11. The smallest absolute Gasteiger partial charge is 0.342 e. The molecule has 1 aromatic heterocycles. The molecule has 0 unspecified atom stereocenters. The van der Waals surface area contributed by atoms with Crippen LogP contribution in [0.1, 0.15) is 71.4 Å². The van der Waals surface area contributed by atoms with Gasteiger partial charge in [-0.2, -0.15) is 5.10 Å². The zero-order chi connectivity index (χ0) is 22.0. The first-order valence-electron chi connectivity index (χ1n) is 11.5. The molecule has 6 nitrogen and oxygen atoms in total. The van der Waals surface area contributed by atoms with Gasteiger partial charge in [-0.15, -0.1) is 0 Å². The van der Waals surface area contributed by atoms with Gasteiger partial charge >= 0.3 is 5.97 Å². The minimum atomic E-state index is -0.462. The Morgan fingerprint density at radius 1 is 1.03 bits per heavy atom. The molecule has 2 aliphatic rings. The number of carbonyl (C=O) groups excluding carboxylic acids is 2. The van der Waals surface area contributed by atoms with Crippen LogP contribution >= 0.6 is 0 Å². The third-order valence-corrected chi connectivity index (χ3v) is 6.93. The Bertz CT molecular complexity index is 946. The van der Waals surface area contributed by atoms with E-state index in [1.165, 1.54) is 31.2 Å². The number of ether oxygens (including phenoxy) is 1. The summed E-state index contributed by atoms with van der Waals surface area (Å²) in [6.07, 6.45) is 7.01. The van der Waals surface area contributed by atoms with Crippen LogP contribution < -0.4 is 0 Å². The van der Waals surface area contributed by atoms with Crippen molar-refractivity contribution in [2.24, 2.45) is 5.92 Å². The lowest BCUT2D eigenvalue weighted by atomic mass is 9.78. The molecule has 2 atom stereocenters. The number of amides is 1. The molecule has 0 spiro atoms. The molecule has 1 saturated carbocycles. The van der Waals surface area contributed by atoms with E-state index in [0.717, 1.165) is 30.6 Å². The summed E-state index contributed by atoms with van der Waals surface area (Å²) in [5.74, 6) is 0.0923. The molecule has 2 aromatic rings. The molecule has 1 aliphatic heterocycles. The Kier molecular flexibility index (Phi) is 6.44. The predicted octanol–water partition coefficient (Wildman–Crippen LogP) is 4.19. The number of carbonyl (C=O) groups is 2. The van der Waals surface area contributed by atoms with E-state index in [9.17, 15) is 9.59 Å². The summed E-state index contributed by atoms with van der Waals surface area (Å²) in [5, 5.41) is 4.54. The van der Waals surface area contributed by atoms with E-state index in [0.29, 0.717) is 29.8 Å². The second-order valence-corrected chi connectivity index (χ2v) is 9.11. The van der Waals surface area contributed by atoms with E-state index in [1.807, 2.05) is 23.4 Å². The third kappa shape index (κ3) is 4.68. The Morgan fingerprint density at radius 3 is 2.52 bits per heavy atom. The average molecular weight is 424 g/mol. The number of hydrogen-bond acceptors (Lipinski definition) is 4. The van der Waals surface area contributed by atoms with Crippen LogP contribution in [0.25, 0.3) is 0 Å². The minimum Gasteiger partial charge on any atom is -0.452 e. The van der Waals surface area contributed by atoms with Crippen LogP contribution in [0.3, 0.4) is 0 Å². The van der Waals surface area contributed by atoms with Gasteiger partial charge in [0.05, 0.1) is 17.9 Å². The van der Waals surface area contributed by atoms with Crippen molar-refractivity contribution in [1.29, 1.82) is 0 Å². The van der Waals surface area contributed by atoms with Gasteiger partial charge in [0, 0.05) is 12.6 Å². The van der Waals surface area contributed by atoms with Crippen LogP contribution in [-0.4, -0.2) is 45.8 Å². The molecule has 0 N–H and O–H groups in total. The number of aryl methyl sites for hydroxylation is 2. The van der Waals surface area contributed by atoms with Gasteiger partial charge in [0.25, 0.3) is 5.91 Å². The quantitative estimate of drug-likeness (QED) is 0.677. The number of nitrogens with zero attached hydrogens (tertiary/aromatic N) is 3. The summed E-state index contributed by atoms with van der Waals surface area (Å²) >= 11 is 0. The van der Waals surface area contributed by atoms with Crippen molar-refractivity contribution in [3.63, 3.8) is 0 Å². The topological polar surface area (TPSA) is 64.4 Å². The van der Waals surface area contributed by atoms with E-state index in [4.69, 9.17) is 4.74 Å². The van der Waals surface area contributed by atoms with Gasteiger partial charge in [0.2, 0.25) is 0 Å². The van der Waals surface area contributed by atoms with Gasteiger partial charge in [-0.05, 0) is 57.9 Å². The Labute approximate surface area is 184 Å². The Hall–Kier alpha value is -2.63. The van der Waals surface area contributed by atoms with Crippen LogP contribution in [-0.2, 0) is 16.1 Å². The molecule has 31 heavy (non-hydrogen) atoms. The number of likely N-dealkylation sites (tertiary alicyclic amines) is 1. The summed E-state index contributed by atoms with van der Waals surface area (Å²) in [5.41, 5.74) is 4.19. The zero-order valence-electron chi connectivity index (χ0n) is 18.9. The first-order valence-corrected chi connectivity index (χ1v) is 11.5. The largest absolute Gasteiger partial charge is 0.452 e.